The van der Waals surface area contributed by atoms with Gasteiger partial charge in [0, 0.05) is 18.3 Å². The van der Waals surface area contributed by atoms with Gasteiger partial charge in [-0.3, -0.25) is 0 Å². The highest BCUT2D eigenvalue weighted by Gasteiger charge is 2.15. The molecule has 128 valence electrons. The zero-order valence-corrected chi connectivity index (χ0v) is 14.5. The SMILES string of the molecule is COc1cccc(CNc2cc(CC3CCNCC3)nc(C)n2)c1. The molecule has 0 unspecified atom stereocenters. The van der Waals surface area contributed by atoms with Crippen molar-refractivity contribution in [3.8, 4) is 5.75 Å². The molecule has 1 aliphatic rings. The average molecular weight is 326 g/mol. The molecule has 2 heterocycles. The third-order valence-electron chi connectivity index (χ3n) is 4.46. The molecule has 1 aromatic carbocycles. The lowest BCUT2D eigenvalue weighted by Gasteiger charge is -2.22. The number of aromatic nitrogens is 2. The molecule has 1 fully saturated rings. The topological polar surface area (TPSA) is 59.1 Å². The minimum Gasteiger partial charge on any atom is -0.497 e. The minimum absolute atomic E-state index is 0.723. The third kappa shape index (κ3) is 4.68. The van der Waals surface area contributed by atoms with Crippen LogP contribution in [0, 0.1) is 12.8 Å². The van der Waals surface area contributed by atoms with Crippen molar-refractivity contribution in [2.24, 2.45) is 5.92 Å². The molecule has 0 spiro atoms. The van der Waals surface area contributed by atoms with Crippen LogP contribution in [0.2, 0.25) is 0 Å². The van der Waals surface area contributed by atoms with Gasteiger partial charge in [-0.2, -0.15) is 0 Å². The van der Waals surface area contributed by atoms with Crippen LogP contribution in [-0.4, -0.2) is 30.2 Å². The van der Waals surface area contributed by atoms with E-state index < -0.39 is 0 Å². The maximum absolute atomic E-state index is 5.27. The number of hydrogen-bond acceptors (Lipinski definition) is 5. The lowest BCUT2D eigenvalue weighted by atomic mass is 9.93. The third-order valence-corrected chi connectivity index (χ3v) is 4.46. The van der Waals surface area contributed by atoms with Gasteiger partial charge in [-0.25, -0.2) is 9.97 Å². The summed E-state index contributed by atoms with van der Waals surface area (Å²) in [6, 6.07) is 10.2. The highest BCUT2D eigenvalue weighted by molar-refractivity contribution is 5.38. The van der Waals surface area contributed by atoms with Gasteiger partial charge in [0.05, 0.1) is 7.11 Å². The van der Waals surface area contributed by atoms with Crippen LogP contribution < -0.4 is 15.4 Å². The first-order valence-electron chi connectivity index (χ1n) is 8.65. The van der Waals surface area contributed by atoms with Gasteiger partial charge in [-0.1, -0.05) is 12.1 Å². The van der Waals surface area contributed by atoms with Gasteiger partial charge in [-0.15, -0.1) is 0 Å². The molecule has 0 saturated carbocycles. The van der Waals surface area contributed by atoms with E-state index in [1.54, 1.807) is 7.11 Å². The summed E-state index contributed by atoms with van der Waals surface area (Å²) in [7, 11) is 1.69. The number of benzene rings is 1. The van der Waals surface area contributed by atoms with Crippen LogP contribution >= 0.6 is 0 Å². The van der Waals surface area contributed by atoms with E-state index in [0.717, 1.165) is 55.1 Å². The number of anilines is 1. The highest BCUT2D eigenvalue weighted by atomic mass is 16.5. The van der Waals surface area contributed by atoms with Gasteiger partial charge in [0.25, 0.3) is 0 Å². The fourth-order valence-electron chi connectivity index (χ4n) is 3.18. The molecule has 5 heteroatoms. The Hall–Kier alpha value is -2.14. The summed E-state index contributed by atoms with van der Waals surface area (Å²) in [4.78, 5) is 9.14. The summed E-state index contributed by atoms with van der Waals surface area (Å²) in [6.45, 7) is 4.93. The minimum atomic E-state index is 0.723. The van der Waals surface area contributed by atoms with Crippen LogP contribution in [0.3, 0.4) is 0 Å². The second-order valence-corrected chi connectivity index (χ2v) is 6.39. The normalized spacial score (nSPS) is 15.2. The van der Waals surface area contributed by atoms with E-state index >= 15 is 0 Å². The molecule has 0 atom stereocenters. The first kappa shape index (κ1) is 16.7. The first-order valence-corrected chi connectivity index (χ1v) is 8.65. The summed E-state index contributed by atoms with van der Waals surface area (Å²) in [5.74, 6) is 3.33. The zero-order chi connectivity index (χ0) is 16.8. The summed E-state index contributed by atoms with van der Waals surface area (Å²) in [5.41, 5.74) is 2.31. The fourth-order valence-corrected chi connectivity index (χ4v) is 3.18. The predicted octanol–water partition coefficient (Wildman–Crippen LogP) is 2.95. The maximum Gasteiger partial charge on any atom is 0.130 e. The van der Waals surface area contributed by atoms with Crippen molar-refractivity contribution in [1.29, 1.82) is 0 Å². The van der Waals surface area contributed by atoms with Crippen LogP contribution in [-0.2, 0) is 13.0 Å². The van der Waals surface area contributed by atoms with Crippen molar-refractivity contribution >= 4 is 5.82 Å². The molecule has 3 rings (SSSR count). The van der Waals surface area contributed by atoms with E-state index in [-0.39, 0.29) is 0 Å². The van der Waals surface area contributed by atoms with Crippen molar-refractivity contribution in [3.05, 3.63) is 47.4 Å². The lowest BCUT2D eigenvalue weighted by molar-refractivity contribution is 0.370. The molecule has 2 aromatic rings. The Morgan fingerprint density at radius 2 is 2.04 bits per heavy atom. The molecule has 0 amide bonds. The molecule has 0 radical (unpaired) electrons. The van der Waals surface area contributed by atoms with Gasteiger partial charge in [0.2, 0.25) is 0 Å². The number of methoxy groups -OCH3 is 1. The van der Waals surface area contributed by atoms with Crippen LogP contribution in [0.5, 0.6) is 5.75 Å². The van der Waals surface area contributed by atoms with Crippen molar-refractivity contribution in [3.63, 3.8) is 0 Å². The number of hydrogen-bond donors (Lipinski definition) is 2. The van der Waals surface area contributed by atoms with Gasteiger partial charge in [0.15, 0.2) is 0 Å². The van der Waals surface area contributed by atoms with Gasteiger partial charge in [0.1, 0.15) is 17.4 Å². The molecule has 1 aromatic heterocycles. The van der Waals surface area contributed by atoms with E-state index in [4.69, 9.17) is 4.74 Å². The van der Waals surface area contributed by atoms with E-state index in [1.165, 1.54) is 18.4 Å². The molecular weight excluding hydrogens is 300 g/mol. The number of rotatable bonds is 6. The fraction of sp³-hybridized carbons (Fsp3) is 0.474. The largest absolute Gasteiger partial charge is 0.497 e. The molecule has 24 heavy (non-hydrogen) atoms. The zero-order valence-electron chi connectivity index (χ0n) is 14.5. The van der Waals surface area contributed by atoms with E-state index in [2.05, 4.69) is 32.7 Å². The molecule has 2 N–H and O–H groups in total. The van der Waals surface area contributed by atoms with Crippen molar-refractivity contribution in [2.75, 3.05) is 25.5 Å². The van der Waals surface area contributed by atoms with Crippen LogP contribution in [0.25, 0.3) is 0 Å². The molecule has 0 aliphatic carbocycles. The van der Waals surface area contributed by atoms with Crippen LogP contribution in [0.15, 0.2) is 30.3 Å². The summed E-state index contributed by atoms with van der Waals surface area (Å²) >= 11 is 0. The van der Waals surface area contributed by atoms with E-state index in [0.29, 0.717) is 0 Å². The molecular formula is C19H26N4O. The Morgan fingerprint density at radius 1 is 1.21 bits per heavy atom. The molecule has 1 aliphatic heterocycles. The van der Waals surface area contributed by atoms with Crippen LogP contribution in [0.4, 0.5) is 5.82 Å². The number of piperidine rings is 1. The quantitative estimate of drug-likeness (QED) is 0.855. The summed E-state index contributed by atoms with van der Waals surface area (Å²) in [5, 5.41) is 6.83. The highest BCUT2D eigenvalue weighted by Crippen LogP contribution is 2.19. The van der Waals surface area contributed by atoms with Crippen LogP contribution in [0.1, 0.15) is 29.9 Å². The summed E-state index contributed by atoms with van der Waals surface area (Å²) in [6.07, 6.45) is 3.50. The number of nitrogens with zero attached hydrogens (tertiary/aromatic N) is 2. The lowest BCUT2D eigenvalue weighted by Crippen LogP contribution is -2.28. The Labute approximate surface area is 143 Å². The molecule has 1 saturated heterocycles. The Balaban J connectivity index is 1.64. The van der Waals surface area contributed by atoms with Gasteiger partial charge < -0.3 is 15.4 Å². The van der Waals surface area contributed by atoms with Gasteiger partial charge in [-0.05, 0) is 62.9 Å². The van der Waals surface area contributed by atoms with Gasteiger partial charge >= 0.3 is 0 Å². The average Bonchev–Trinajstić information content (AvgIpc) is 2.60. The Kier molecular flexibility index (Phi) is 5.64. The molecule has 5 nitrogen and oxygen atoms in total. The van der Waals surface area contributed by atoms with Crippen molar-refractivity contribution < 1.29 is 4.74 Å². The van der Waals surface area contributed by atoms with E-state index in [1.807, 2.05) is 25.1 Å². The number of nitrogens with one attached hydrogen (secondary N) is 2. The Bertz CT molecular complexity index is 668. The van der Waals surface area contributed by atoms with Crippen molar-refractivity contribution in [2.45, 2.75) is 32.7 Å². The first-order chi connectivity index (χ1) is 11.7. The second kappa shape index (κ2) is 8.11. The number of ether oxygens (including phenoxy) is 1. The monoisotopic (exact) mass is 326 g/mol. The smallest absolute Gasteiger partial charge is 0.130 e. The standard InChI is InChI=1S/C19H26N4O/c1-14-22-17(10-15-6-8-20-9-7-15)12-19(23-14)21-13-16-4-3-5-18(11-16)24-2/h3-5,11-12,15,20H,6-10,13H2,1-2H3,(H,21,22,23). The Morgan fingerprint density at radius 3 is 2.83 bits per heavy atom. The predicted molar refractivity (Wildman–Crippen MR) is 96.4 cm³/mol. The maximum atomic E-state index is 5.27. The molecule has 0 bridgehead atoms. The number of aryl methyl sites for hydroxylation is 1. The summed E-state index contributed by atoms with van der Waals surface area (Å²) < 4.78 is 5.27. The van der Waals surface area contributed by atoms with Crippen molar-refractivity contribution in [1.82, 2.24) is 15.3 Å². The second-order valence-electron chi connectivity index (χ2n) is 6.39. The van der Waals surface area contributed by atoms with E-state index in [9.17, 15) is 0 Å².